The molecule has 120 valence electrons. The van der Waals surface area contributed by atoms with Crippen LogP contribution in [0.1, 0.15) is 38.5 Å². The van der Waals surface area contributed by atoms with Crippen LogP contribution in [-0.2, 0) is 9.59 Å². The molecule has 0 spiro atoms. The third-order valence-electron chi connectivity index (χ3n) is 4.86. The molecule has 6 heteroatoms. The average Bonchev–Trinajstić information content (AvgIpc) is 2.79. The summed E-state index contributed by atoms with van der Waals surface area (Å²) in [4.78, 5) is 28.0. The third kappa shape index (κ3) is 3.95. The van der Waals surface area contributed by atoms with E-state index in [-0.39, 0.29) is 18.9 Å². The predicted octanol–water partition coefficient (Wildman–Crippen LogP) is 0.548. The highest BCUT2D eigenvalue weighted by Crippen LogP contribution is 2.41. The first-order valence-electron chi connectivity index (χ1n) is 7.92. The molecule has 1 saturated heterocycles. The summed E-state index contributed by atoms with van der Waals surface area (Å²) in [6, 6.07) is 0. The van der Waals surface area contributed by atoms with Gasteiger partial charge < -0.3 is 15.1 Å². The molecular weight excluding hydrogens is 272 g/mol. The largest absolute Gasteiger partial charge is 0.481 e. The molecule has 2 aliphatic rings. The van der Waals surface area contributed by atoms with Gasteiger partial charge in [-0.05, 0) is 25.8 Å². The molecule has 0 atom stereocenters. The number of rotatable bonds is 5. The van der Waals surface area contributed by atoms with Crippen LogP contribution in [-0.4, -0.2) is 71.2 Å². The minimum atomic E-state index is -0.825. The normalized spacial score (nSPS) is 23.0. The summed E-state index contributed by atoms with van der Waals surface area (Å²) in [6.07, 6.45) is 4.08. The summed E-state index contributed by atoms with van der Waals surface area (Å²) in [5.41, 5.74) is -0.825. The molecule has 2 N–H and O–H groups in total. The fraction of sp³-hybridized carbons (Fsp3) is 0.867. The van der Waals surface area contributed by atoms with Crippen molar-refractivity contribution in [3.05, 3.63) is 0 Å². The standard InChI is InChI=1S/C15H26N2O4/c18-11-10-16-6-3-7-17(9-8-16)13(19)12-15(14(20)21)4-1-2-5-15/h18H,1-12H2,(H,20,21). The Hall–Kier alpha value is -1.14. The van der Waals surface area contributed by atoms with E-state index in [9.17, 15) is 14.7 Å². The van der Waals surface area contributed by atoms with Crippen molar-refractivity contribution in [1.29, 1.82) is 0 Å². The molecule has 0 aromatic rings. The van der Waals surface area contributed by atoms with Crippen LogP contribution in [0.15, 0.2) is 0 Å². The summed E-state index contributed by atoms with van der Waals surface area (Å²) in [5, 5.41) is 18.5. The minimum Gasteiger partial charge on any atom is -0.481 e. The van der Waals surface area contributed by atoms with Crippen LogP contribution in [0.4, 0.5) is 0 Å². The first-order chi connectivity index (χ1) is 10.1. The molecule has 1 aliphatic carbocycles. The minimum absolute atomic E-state index is 0.0230. The second kappa shape index (κ2) is 7.22. The van der Waals surface area contributed by atoms with Crippen LogP contribution in [0, 0.1) is 5.41 Å². The Bertz CT molecular complexity index is 380. The fourth-order valence-corrected chi connectivity index (χ4v) is 3.50. The predicted molar refractivity (Wildman–Crippen MR) is 77.9 cm³/mol. The van der Waals surface area contributed by atoms with Crippen molar-refractivity contribution >= 4 is 11.9 Å². The van der Waals surface area contributed by atoms with Gasteiger partial charge in [-0.3, -0.25) is 14.5 Å². The van der Waals surface area contributed by atoms with Gasteiger partial charge in [0.05, 0.1) is 12.0 Å². The van der Waals surface area contributed by atoms with Crippen molar-refractivity contribution in [2.45, 2.75) is 38.5 Å². The average molecular weight is 298 g/mol. The lowest BCUT2D eigenvalue weighted by atomic mass is 9.82. The van der Waals surface area contributed by atoms with Crippen molar-refractivity contribution < 1.29 is 19.8 Å². The van der Waals surface area contributed by atoms with Crippen LogP contribution < -0.4 is 0 Å². The number of β-amino-alcohol motifs (C(OH)–C–C–N with tert-alkyl or cyclic N) is 1. The van der Waals surface area contributed by atoms with Crippen LogP contribution in [0.5, 0.6) is 0 Å². The molecule has 0 radical (unpaired) electrons. The molecule has 2 rings (SSSR count). The maximum atomic E-state index is 12.5. The molecule has 21 heavy (non-hydrogen) atoms. The number of hydrogen-bond donors (Lipinski definition) is 2. The van der Waals surface area contributed by atoms with Crippen molar-refractivity contribution in [3.63, 3.8) is 0 Å². The Labute approximate surface area is 125 Å². The van der Waals surface area contributed by atoms with Crippen molar-refractivity contribution in [3.8, 4) is 0 Å². The number of carbonyl (C=O) groups is 2. The number of aliphatic hydroxyl groups excluding tert-OH is 1. The highest BCUT2D eigenvalue weighted by Gasteiger charge is 2.43. The lowest BCUT2D eigenvalue weighted by Gasteiger charge is -2.28. The smallest absolute Gasteiger partial charge is 0.310 e. The summed E-state index contributed by atoms with van der Waals surface area (Å²) in [5.74, 6) is -0.838. The third-order valence-corrected chi connectivity index (χ3v) is 4.86. The van der Waals surface area contributed by atoms with Gasteiger partial charge in [-0.2, -0.15) is 0 Å². The Kier molecular flexibility index (Phi) is 5.58. The molecule has 0 bridgehead atoms. The van der Waals surface area contributed by atoms with E-state index >= 15 is 0 Å². The second-order valence-electron chi connectivity index (χ2n) is 6.27. The van der Waals surface area contributed by atoms with Gasteiger partial charge in [0.25, 0.3) is 0 Å². The number of nitrogens with zero attached hydrogens (tertiary/aromatic N) is 2. The first kappa shape index (κ1) is 16.2. The van der Waals surface area contributed by atoms with Crippen LogP contribution in [0.25, 0.3) is 0 Å². The van der Waals surface area contributed by atoms with Crippen molar-refractivity contribution in [1.82, 2.24) is 9.80 Å². The molecule has 1 aliphatic heterocycles. The monoisotopic (exact) mass is 298 g/mol. The van der Waals surface area contributed by atoms with E-state index in [0.29, 0.717) is 32.5 Å². The Morgan fingerprint density at radius 1 is 1.00 bits per heavy atom. The fourth-order valence-electron chi connectivity index (χ4n) is 3.50. The van der Waals surface area contributed by atoms with Crippen molar-refractivity contribution in [2.24, 2.45) is 5.41 Å². The summed E-state index contributed by atoms with van der Waals surface area (Å²) >= 11 is 0. The number of hydrogen-bond acceptors (Lipinski definition) is 4. The van der Waals surface area contributed by atoms with Gasteiger partial charge in [-0.15, -0.1) is 0 Å². The molecule has 0 aromatic carbocycles. The SMILES string of the molecule is O=C(CC1(C(=O)O)CCCC1)N1CCCN(CCO)CC1. The number of aliphatic hydroxyl groups is 1. The van der Waals surface area contributed by atoms with Gasteiger partial charge >= 0.3 is 5.97 Å². The van der Waals surface area contributed by atoms with Gasteiger partial charge in [0.2, 0.25) is 5.91 Å². The zero-order valence-corrected chi connectivity index (χ0v) is 12.6. The van der Waals surface area contributed by atoms with Gasteiger partial charge in [0.15, 0.2) is 0 Å². The van der Waals surface area contributed by atoms with E-state index in [1.165, 1.54) is 0 Å². The number of aliphatic carboxylic acids is 1. The molecule has 2 fully saturated rings. The molecular formula is C15H26N2O4. The maximum Gasteiger partial charge on any atom is 0.310 e. The molecule has 1 amide bonds. The number of carbonyl (C=O) groups excluding carboxylic acids is 1. The Morgan fingerprint density at radius 2 is 1.71 bits per heavy atom. The lowest BCUT2D eigenvalue weighted by molar-refractivity contribution is -0.153. The molecule has 1 saturated carbocycles. The van der Waals surface area contributed by atoms with E-state index in [1.807, 2.05) is 0 Å². The Morgan fingerprint density at radius 3 is 2.33 bits per heavy atom. The summed E-state index contributed by atoms with van der Waals surface area (Å²) in [7, 11) is 0. The molecule has 1 heterocycles. The van der Waals surface area contributed by atoms with Crippen molar-refractivity contribution in [2.75, 3.05) is 39.3 Å². The van der Waals surface area contributed by atoms with E-state index in [2.05, 4.69) is 4.90 Å². The van der Waals surface area contributed by atoms with Gasteiger partial charge in [0, 0.05) is 32.6 Å². The summed E-state index contributed by atoms with van der Waals surface area (Å²) in [6.45, 7) is 3.74. The highest BCUT2D eigenvalue weighted by molar-refractivity contribution is 5.85. The summed E-state index contributed by atoms with van der Waals surface area (Å²) < 4.78 is 0. The molecule has 6 nitrogen and oxygen atoms in total. The second-order valence-corrected chi connectivity index (χ2v) is 6.27. The molecule has 0 unspecified atom stereocenters. The van der Waals surface area contributed by atoms with Gasteiger partial charge in [-0.25, -0.2) is 0 Å². The zero-order valence-electron chi connectivity index (χ0n) is 12.6. The lowest BCUT2D eigenvalue weighted by Crippen LogP contribution is -2.40. The van der Waals surface area contributed by atoms with Crippen LogP contribution in [0.2, 0.25) is 0 Å². The molecule has 0 aromatic heterocycles. The zero-order chi connectivity index (χ0) is 15.3. The van der Waals surface area contributed by atoms with E-state index in [4.69, 9.17) is 5.11 Å². The topological polar surface area (TPSA) is 81.1 Å². The van der Waals surface area contributed by atoms with Crippen LogP contribution >= 0.6 is 0 Å². The van der Waals surface area contributed by atoms with E-state index in [1.54, 1.807) is 4.90 Å². The first-order valence-corrected chi connectivity index (χ1v) is 7.92. The highest BCUT2D eigenvalue weighted by atomic mass is 16.4. The Balaban J connectivity index is 1.92. The van der Waals surface area contributed by atoms with E-state index in [0.717, 1.165) is 32.4 Å². The van der Waals surface area contributed by atoms with E-state index < -0.39 is 11.4 Å². The number of carboxylic acids is 1. The number of amides is 1. The maximum absolute atomic E-state index is 12.5. The number of carboxylic acid groups (broad SMARTS) is 1. The van der Waals surface area contributed by atoms with Gasteiger partial charge in [0.1, 0.15) is 0 Å². The quantitative estimate of drug-likeness (QED) is 0.774. The van der Waals surface area contributed by atoms with Crippen LogP contribution in [0.3, 0.4) is 0 Å². The van der Waals surface area contributed by atoms with Gasteiger partial charge in [-0.1, -0.05) is 12.8 Å².